The predicted octanol–water partition coefficient (Wildman–Crippen LogP) is 5.62. The van der Waals surface area contributed by atoms with E-state index in [1.165, 1.54) is 0 Å². The summed E-state index contributed by atoms with van der Waals surface area (Å²) in [5, 5.41) is 8.26. The summed E-state index contributed by atoms with van der Waals surface area (Å²) in [5.74, 6) is 0.802. The third-order valence-electron chi connectivity index (χ3n) is 4.01. The fraction of sp³-hybridized carbons (Fsp3) is 0.286. The first-order chi connectivity index (χ1) is 13.9. The maximum absolute atomic E-state index is 12.1. The Morgan fingerprint density at radius 3 is 2.66 bits per heavy atom. The number of benzene rings is 2. The highest BCUT2D eigenvalue weighted by molar-refractivity contribution is 6.42. The Balaban J connectivity index is 2.00. The molecular weight excluding hydrogens is 411 g/mol. The summed E-state index contributed by atoms with van der Waals surface area (Å²) in [6.45, 7) is 6.31. The van der Waals surface area contributed by atoms with E-state index in [-0.39, 0.29) is 17.8 Å². The molecule has 0 fully saturated rings. The molecule has 1 heterocycles. The highest BCUT2D eigenvalue weighted by atomic mass is 35.5. The summed E-state index contributed by atoms with van der Waals surface area (Å²) < 4.78 is 7.15. The van der Waals surface area contributed by atoms with Crippen LogP contribution in [-0.2, 0) is 4.79 Å². The van der Waals surface area contributed by atoms with Gasteiger partial charge < -0.3 is 10.1 Å². The third kappa shape index (κ3) is 5.28. The second-order valence-corrected chi connectivity index (χ2v) is 7.70. The Kier molecular flexibility index (Phi) is 6.77. The van der Waals surface area contributed by atoms with E-state index in [0.29, 0.717) is 34.6 Å². The molecule has 0 unspecified atom stereocenters. The van der Waals surface area contributed by atoms with Gasteiger partial charge in [0, 0.05) is 17.7 Å². The molecular formula is C21H22Cl2N4O2. The zero-order valence-electron chi connectivity index (χ0n) is 16.4. The third-order valence-corrected chi connectivity index (χ3v) is 4.75. The Bertz CT molecular complexity index is 1020. The van der Waals surface area contributed by atoms with E-state index in [9.17, 15) is 4.79 Å². The van der Waals surface area contributed by atoms with Gasteiger partial charge in [0.2, 0.25) is 5.91 Å². The number of hydrogen-bond acceptors (Lipinski definition) is 4. The van der Waals surface area contributed by atoms with Gasteiger partial charge in [-0.25, -0.2) is 4.68 Å². The molecule has 1 amide bonds. The van der Waals surface area contributed by atoms with Gasteiger partial charge in [-0.05, 0) is 49.2 Å². The number of anilines is 1. The number of aromatic nitrogens is 3. The van der Waals surface area contributed by atoms with Crippen LogP contribution < -0.4 is 10.1 Å². The number of nitrogens with one attached hydrogen (secondary N) is 1. The minimum atomic E-state index is -0.0320. The molecule has 1 N–H and O–H groups in total. The molecule has 2 aromatic carbocycles. The molecule has 0 atom stereocenters. The minimum Gasteiger partial charge on any atom is -0.463 e. The van der Waals surface area contributed by atoms with Gasteiger partial charge in [-0.3, -0.25) is 4.79 Å². The maximum atomic E-state index is 12.1. The summed E-state index contributed by atoms with van der Waals surface area (Å²) in [6, 6.07) is 12.9. The van der Waals surface area contributed by atoms with Crippen LogP contribution in [0, 0.1) is 5.92 Å². The largest absolute Gasteiger partial charge is 0.463 e. The van der Waals surface area contributed by atoms with E-state index >= 15 is 0 Å². The van der Waals surface area contributed by atoms with Crippen molar-refractivity contribution < 1.29 is 9.53 Å². The zero-order valence-corrected chi connectivity index (χ0v) is 18.0. The molecule has 0 saturated heterocycles. The smallest absolute Gasteiger partial charge is 0.336 e. The molecule has 8 heteroatoms. The standard InChI is InChI=1S/C21H22Cl2N4O2/c1-4-29-21-25-20(14-8-9-17(22)18(23)11-14)27(26-21)16-7-5-6-15(12-16)24-19(28)10-13(2)3/h5-9,11-13H,4,10H2,1-3H3,(H,24,28). The first-order valence-electron chi connectivity index (χ1n) is 9.33. The number of hydrogen-bond donors (Lipinski definition) is 1. The van der Waals surface area contributed by atoms with Crippen LogP contribution in [0.5, 0.6) is 6.01 Å². The number of ether oxygens (including phenoxy) is 1. The van der Waals surface area contributed by atoms with Crippen molar-refractivity contribution in [3.05, 3.63) is 52.5 Å². The lowest BCUT2D eigenvalue weighted by molar-refractivity contribution is -0.116. The quantitative estimate of drug-likeness (QED) is 0.525. The normalized spacial score (nSPS) is 11.0. The lowest BCUT2D eigenvalue weighted by Gasteiger charge is -2.10. The van der Waals surface area contributed by atoms with Crippen LogP contribution in [0.4, 0.5) is 5.69 Å². The van der Waals surface area contributed by atoms with Crippen molar-refractivity contribution in [3.8, 4) is 23.1 Å². The van der Waals surface area contributed by atoms with Gasteiger partial charge in [0.25, 0.3) is 0 Å². The van der Waals surface area contributed by atoms with Crippen molar-refractivity contribution in [2.24, 2.45) is 5.92 Å². The van der Waals surface area contributed by atoms with Crippen molar-refractivity contribution in [2.45, 2.75) is 27.2 Å². The van der Waals surface area contributed by atoms with Crippen LogP contribution in [0.25, 0.3) is 17.1 Å². The number of carbonyl (C=O) groups excluding carboxylic acids is 1. The molecule has 0 aliphatic rings. The summed E-state index contributed by atoms with van der Waals surface area (Å²) in [7, 11) is 0. The molecule has 3 aromatic rings. The van der Waals surface area contributed by atoms with E-state index in [2.05, 4.69) is 15.4 Å². The number of nitrogens with zero attached hydrogens (tertiary/aromatic N) is 3. The molecule has 0 spiro atoms. The fourth-order valence-corrected chi connectivity index (χ4v) is 3.08. The average Bonchev–Trinajstić information content (AvgIpc) is 3.08. The molecule has 0 aliphatic heterocycles. The second kappa shape index (κ2) is 9.29. The summed E-state index contributed by atoms with van der Waals surface area (Å²) in [4.78, 5) is 16.6. The van der Waals surface area contributed by atoms with Crippen LogP contribution in [0.2, 0.25) is 10.0 Å². The Labute approximate surface area is 179 Å². The number of rotatable bonds is 7. The Morgan fingerprint density at radius 2 is 1.97 bits per heavy atom. The van der Waals surface area contributed by atoms with Crippen molar-refractivity contribution in [3.63, 3.8) is 0 Å². The minimum absolute atomic E-state index is 0.0320. The van der Waals surface area contributed by atoms with Crippen molar-refractivity contribution >= 4 is 34.8 Å². The van der Waals surface area contributed by atoms with Gasteiger partial charge in [0.15, 0.2) is 5.82 Å². The van der Waals surface area contributed by atoms with Crippen LogP contribution in [0.3, 0.4) is 0 Å². The Morgan fingerprint density at radius 1 is 1.17 bits per heavy atom. The zero-order chi connectivity index (χ0) is 21.0. The maximum Gasteiger partial charge on any atom is 0.336 e. The first-order valence-corrected chi connectivity index (χ1v) is 10.1. The molecule has 152 valence electrons. The van der Waals surface area contributed by atoms with E-state index in [4.69, 9.17) is 27.9 Å². The molecule has 3 rings (SSSR count). The van der Waals surface area contributed by atoms with Gasteiger partial charge >= 0.3 is 6.01 Å². The molecule has 0 saturated carbocycles. The molecule has 0 aliphatic carbocycles. The van der Waals surface area contributed by atoms with Crippen LogP contribution in [-0.4, -0.2) is 27.3 Å². The lowest BCUT2D eigenvalue weighted by Crippen LogP contribution is -2.14. The molecule has 1 aromatic heterocycles. The monoisotopic (exact) mass is 432 g/mol. The highest BCUT2D eigenvalue weighted by Gasteiger charge is 2.16. The van der Waals surface area contributed by atoms with Crippen LogP contribution in [0.15, 0.2) is 42.5 Å². The number of halogens is 2. The van der Waals surface area contributed by atoms with Gasteiger partial charge in [-0.2, -0.15) is 4.98 Å². The molecule has 29 heavy (non-hydrogen) atoms. The van der Waals surface area contributed by atoms with E-state index in [1.54, 1.807) is 16.8 Å². The second-order valence-electron chi connectivity index (χ2n) is 6.89. The van der Waals surface area contributed by atoms with Crippen LogP contribution >= 0.6 is 23.2 Å². The molecule has 0 bridgehead atoms. The van der Waals surface area contributed by atoms with Crippen molar-refractivity contribution in [2.75, 3.05) is 11.9 Å². The Hall–Kier alpha value is -2.57. The summed E-state index contributed by atoms with van der Waals surface area (Å²) in [6.07, 6.45) is 0.455. The van der Waals surface area contributed by atoms with Gasteiger partial charge in [-0.15, -0.1) is 5.10 Å². The van der Waals surface area contributed by atoms with E-state index in [1.807, 2.05) is 51.1 Å². The number of carbonyl (C=O) groups is 1. The SMILES string of the molecule is CCOc1nc(-c2ccc(Cl)c(Cl)c2)n(-c2cccc(NC(=O)CC(C)C)c2)n1. The summed E-state index contributed by atoms with van der Waals surface area (Å²) >= 11 is 12.2. The van der Waals surface area contributed by atoms with E-state index in [0.717, 1.165) is 11.3 Å². The highest BCUT2D eigenvalue weighted by Crippen LogP contribution is 2.30. The van der Waals surface area contributed by atoms with Crippen molar-refractivity contribution in [1.29, 1.82) is 0 Å². The van der Waals surface area contributed by atoms with E-state index < -0.39 is 0 Å². The van der Waals surface area contributed by atoms with Crippen LogP contribution in [0.1, 0.15) is 27.2 Å². The first kappa shape index (κ1) is 21.1. The van der Waals surface area contributed by atoms with Gasteiger partial charge in [0.1, 0.15) is 0 Å². The van der Waals surface area contributed by atoms with Crippen molar-refractivity contribution in [1.82, 2.24) is 14.8 Å². The summed E-state index contributed by atoms with van der Waals surface area (Å²) in [5.41, 5.74) is 2.15. The topological polar surface area (TPSA) is 69.0 Å². The van der Waals surface area contributed by atoms with Gasteiger partial charge in [-0.1, -0.05) is 43.1 Å². The van der Waals surface area contributed by atoms with Gasteiger partial charge in [0.05, 0.1) is 22.3 Å². The predicted molar refractivity (Wildman–Crippen MR) is 116 cm³/mol. The molecule has 6 nitrogen and oxygen atoms in total. The number of amides is 1. The average molecular weight is 433 g/mol. The fourth-order valence-electron chi connectivity index (χ4n) is 2.78. The molecule has 0 radical (unpaired) electrons. The lowest BCUT2D eigenvalue weighted by atomic mass is 10.1.